The molecule has 0 amide bonds. The van der Waals surface area contributed by atoms with Crippen LogP contribution in [0.1, 0.15) is 0 Å². The molecule has 4 aromatic rings. The van der Waals surface area contributed by atoms with Crippen LogP contribution >= 0.6 is 0 Å². The highest BCUT2D eigenvalue weighted by Gasteiger charge is 2.03. The first kappa shape index (κ1) is 13.3. The van der Waals surface area contributed by atoms with Gasteiger partial charge < -0.3 is 15.7 Å². The molecule has 112 valence electrons. The lowest BCUT2D eigenvalue weighted by molar-refractivity contribution is 1.21. The highest BCUT2D eigenvalue weighted by atomic mass is 16.1. The monoisotopic (exact) mass is 303 g/mol. The largest absolute Gasteiger partial charge is 0.398 e. The Morgan fingerprint density at radius 3 is 2.48 bits per heavy atom. The quantitative estimate of drug-likeness (QED) is 0.385. The van der Waals surface area contributed by atoms with Gasteiger partial charge in [0.2, 0.25) is 0 Å². The SMILES string of the molecule is Nc1ccc(N=Nc2ccc3[nH]c(=O)[nH]c3c2)c2ccccc12. The van der Waals surface area contributed by atoms with E-state index in [4.69, 9.17) is 5.73 Å². The Morgan fingerprint density at radius 2 is 1.61 bits per heavy atom. The molecule has 1 aromatic heterocycles. The number of nitrogen functional groups attached to an aromatic ring is 1. The molecule has 6 heteroatoms. The van der Waals surface area contributed by atoms with E-state index in [1.807, 2.05) is 36.4 Å². The Bertz CT molecular complexity index is 1110. The molecular weight excluding hydrogens is 290 g/mol. The van der Waals surface area contributed by atoms with Gasteiger partial charge in [-0.3, -0.25) is 0 Å². The molecule has 4 N–H and O–H groups in total. The molecule has 0 aliphatic rings. The van der Waals surface area contributed by atoms with Crippen LogP contribution in [-0.4, -0.2) is 9.97 Å². The number of hydrogen-bond donors (Lipinski definition) is 3. The van der Waals surface area contributed by atoms with Crippen molar-refractivity contribution in [3.8, 4) is 0 Å². The van der Waals surface area contributed by atoms with Gasteiger partial charge in [0, 0.05) is 16.5 Å². The first-order chi connectivity index (χ1) is 11.2. The lowest BCUT2D eigenvalue weighted by Gasteiger charge is -2.04. The fraction of sp³-hybridized carbons (Fsp3) is 0. The first-order valence-electron chi connectivity index (χ1n) is 7.12. The number of hydrogen-bond acceptors (Lipinski definition) is 4. The minimum atomic E-state index is -0.237. The standard InChI is InChI=1S/C17H13N5O/c18-13-6-8-14(12-4-2-1-3-11(12)13)22-21-10-5-7-15-16(9-10)20-17(23)19-15/h1-9H,18H2,(H2,19,20,23). The van der Waals surface area contributed by atoms with E-state index in [9.17, 15) is 4.79 Å². The second kappa shape index (κ2) is 5.10. The third-order valence-electron chi connectivity index (χ3n) is 3.71. The Morgan fingerprint density at radius 1 is 0.826 bits per heavy atom. The number of azo groups is 1. The highest BCUT2D eigenvalue weighted by Crippen LogP contribution is 2.31. The van der Waals surface area contributed by atoms with Gasteiger partial charge in [-0.25, -0.2) is 4.79 Å². The number of aromatic amines is 2. The predicted molar refractivity (Wildman–Crippen MR) is 91.5 cm³/mol. The average Bonchev–Trinajstić information content (AvgIpc) is 2.94. The Hall–Kier alpha value is -3.41. The topological polar surface area (TPSA) is 99.4 Å². The van der Waals surface area contributed by atoms with E-state index >= 15 is 0 Å². The number of H-pyrrole nitrogens is 2. The predicted octanol–water partition coefficient (Wildman–Crippen LogP) is 4.01. The molecule has 0 aliphatic heterocycles. The molecule has 6 nitrogen and oxygen atoms in total. The summed E-state index contributed by atoms with van der Waals surface area (Å²) in [4.78, 5) is 16.7. The van der Waals surface area contributed by atoms with Gasteiger partial charge in [0.15, 0.2) is 0 Å². The van der Waals surface area contributed by atoms with Crippen molar-refractivity contribution in [1.29, 1.82) is 0 Å². The lowest BCUT2D eigenvalue weighted by Crippen LogP contribution is -1.99. The number of fused-ring (bicyclic) bond motifs is 2. The second-order valence-corrected chi connectivity index (χ2v) is 5.23. The number of imidazole rings is 1. The van der Waals surface area contributed by atoms with Gasteiger partial charge in [-0.2, -0.15) is 5.11 Å². The highest BCUT2D eigenvalue weighted by molar-refractivity contribution is 5.99. The number of nitrogens with one attached hydrogen (secondary N) is 2. The maximum absolute atomic E-state index is 11.3. The van der Waals surface area contributed by atoms with Crippen LogP contribution in [0.5, 0.6) is 0 Å². The van der Waals surface area contributed by atoms with E-state index in [2.05, 4.69) is 20.2 Å². The summed E-state index contributed by atoms with van der Waals surface area (Å²) in [5, 5.41) is 10.5. The van der Waals surface area contributed by atoms with Crippen LogP contribution in [0, 0.1) is 0 Å². The summed E-state index contributed by atoms with van der Waals surface area (Å²) in [7, 11) is 0. The molecule has 4 rings (SSSR count). The van der Waals surface area contributed by atoms with Crippen LogP contribution < -0.4 is 11.4 Å². The summed E-state index contributed by atoms with van der Waals surface area (Å²) in [6.07, 6.45) is 0. The van der Waals surface area contributed by atoms with E-state index < -0.39 is 0 Å². The normalized spacial score (nSPS) is 11.7. The Balaban J connectivity index is 1.78. The van der Waals surface area contributed by atoms with Gasteiger partial charge in [0.1, 0.15) is 0 Å². The molecule has 0 radical (unpaired) electrons. The summed E-state index contributed by atoms with van der Waals surface area (Å²) in [6, 6.07) is 16.8. The van der Waals surface area contributed by atoms with Gasteiger partial charge in [0.25, 0.3) is 0 Å². The Labute approximate surface area is 130 Å². The van der Waals surface area contributed by atoms with Crippen LogP contribution in [0.4, 0.5) is 17.1 Å². The molecule has 0 unspecified atom stereocenters. The van der Waals surface area contributed by atoms with Crippen molar-refractivity contribution in [3.63, 3.8) is 0 Å². The third kappa shape index (κ3) is 2.36. The van der Waals surface area contributed by atoms with Crippen LogP contribution in [0.2, 0.25) is 0 Å². The van der Waals surface area contributed by atoms with Gasteiger partial charge >= 0.3 is 5.69 Å². The summed E-state index contributed by atoms with van der Waals surface area (Å²) in [6.45, 7) is 0. The summed E-state index contributed by atoms with van der Waals surface area (Å²) in [5.74, 6) is 0. The molecule has 0 atom stereocenters. The molecular formula is C17H13N5O. The third-order valence-corrected chi connectivity index (χ3v) is 3.71. The minimum Gasteiger partial charge on any atom is -0.398 e. The molecule has 0 bridgehead atoms. The zero-order valence-electron chi connectivity index (χ0n) is 12.1. The smallest absolute Gasteiger partial charge is 0.323 e. The van der Waals surface area contributed by atoms with E-state index in [0.717, 1.165) is 22.0 Å². The molecule has 0 spiro atoms. The summed E-state index contributed by atoms with van der Waals surface area (Å²) >= 11 is 0. The van der Waals surface area contributed by atoms with E-state index in [1.54, 1.807) is 18.2 Å². The zero-order valence-corrected chi connectivity index (χ0v) is 12.1. The van der Waals surface area contributed by atoms with Crippen LogP contribution in [0.3, 0.4) is 0 Å². The van der Waals surface area contributed by atoms with Crippen molar-refractivity contribution in [3.05, 3.63) is 65.1 Å². The van der Waals surface area contributed by atoms with Crippen molar-refractivity contribution in [2.45, 2.75) is 0 Å². The van der Waals surface area contributed by atoms with E-state index in [1.165, 1.54) is 0 Å². The average molecular weight is 303 g/mol. The fourth-order valence-corrected chi connectivity index (χ4v) is 2.59. The van der Waals surface area contributed by atoms with Crippen LogP contribution in [0.15, 0.2) is 69.6 Å². The number of benzene rings is 3. The molecule has 23 heavy (non-hydrogen) atoms. The lowest BCUT2D eigenvalue weighted by atomic mass is 10.1. The molecule has 0 saturated heterocycles. The number of nitrogens with two attached hydrogens (primary N) is 1. The van der Waals surface area contributed by atoms with E-state index in [-0.39, 0.29) is 5.69 Å². The molecule has 0 aliphatic carbocycles. The van der Waals surface area contributed by atoms with Crippen molar-refractivity contribution in [2.75, 3.05) is 5.73 Å². The van der Waals surface area contributed by atoms with Gasteiger partial charge in [-0.1, -0.05) is 24.3 Å². The number of anilines is 1. The van der Waals surface area contributed by atoms with Gasteiger partial charge in [-0.15, -0.1) is 5.11 Å². The van der Waals surface area contributed by atoms with Gasteiger partial charge in [-0.05, 0) is 30.3 Å². The summed E-state index contributed by atoms with van der Waals surface area (Å²) < 4.78 is 0. The minimum absolute atomic E-state index is 0.237. The van der Waals surface area contributed by atoms with Crippen LogP contribution in [0.25, 0.3) is 21.8 Å². The fourth-order valence-electron chi connectivity index (χ4n) is 2.59. The molecule has 0 fully saturated rings. The number of nitrogens with zero attached hydrogens (tertiary/aromatic N) is 2. The van der Waals surface area contributed by atoms with Crippen molar-refractivity contribution < 1.29 is 0 Å². The zero-order chi connectivity index (χ0) is 15.8. The van der Waals surface area contributed by atoms with Crippen molar-refractivity contribution in [1.82, 2.24) is 9.97 Å². The summed E-state index contributed by atoms with van der Waals surface area (Å²) in [5.41, 5.74) is 9.32. The number of rotatable bonds is 2. The number of aromatic nitrogens is 2. The first-order valence-corrected chi connectivity index (χ1v) is 7.12. The Kier molecular flexibility index (Phi) is 2.94. The maximum atomic E-state index is 11.3. The van der Waals surface area contributed by atoms with Crippen molar-refractivity contribution in [2.24, 2.45) is 10.2 Å². The maximum Gasteiger partial charge on any atom is 0.323 e. The second-order valence-electron chi connectivity index (χ2n) is 5.23. The molecule has 1 heterocycles. The molecule has 0 saturated carbocycles. The molecule has 3 aromatic carbocycles. The van der Waals surface area contributed by atoms with Crippen molar-refractivity contribution >= 4 is 38.9 Å². The van der Waals surface area contributed by atoms with Gasteiger partial charge in [0.05, 0.1) is 22.4 Å². The van der Waals surface area contributed by atoms with E-state index in [0.29, 0.717) is 16.9 Å². The van der Waals surface area contributed by atoms with Crippen LogP contribution in [-0.2, 0) is 0 Å².